The third-order valence-corrected chi connectivity index (χ3v) is 3.79. The number of alkyl halides is 5. The minimum Gasteiger partial charge on any atom is -0.249 e. The molecule has 0 aliphatic heterocycles. The van der Waals surface area contributed by atoms with Crippen molar-refractivity contribution in [3.8, 4) is 5.82 Å². The van der Waals surface area contributed by atoms with Gasteiger partial charge in [-0.3, -0.25) is 0 Å². The molecule has 0 amide bonds. The Balaban J connectivity index is 2.67. The molecule has 2 heterocycles. The van der Waals surface area contributed by atoms with Crippen molar-refractivity contribution >= 4 is 27.7 Å². The van der Waals surface area contributed by atoms with Gasteiger partial charge in [-0.2, -0.15) is 32.1 Å². The zero-order valence-electron chi connectivity index (χ0n) is 10.6. The Morgan fingerprint density at radius 2 is 1.86 bits per heavy atom. The van der Waals surface area contributed by atoms with Gasteiger partial charge in [0.25, 0.3) is 0 Å². The summed E-state index contributed by atoms with van der Waals surface area (Å²) in [6.45, 7) is 0. The third kappa shape index (κ3) is 2.68. The Hall–Kier alpha value is -1.10. The van der Waals surface area contributed by atoms with Crippen molar-refractivity contribution in [3.05, 3.63) is 22.6 Å². The summed E-state index contributed by atoms with van der Waals surface area (Å²) in [4.78, 5) is -0.282. The molecular formula is C10H8BrF5N4S. The van der Waals surface area contributed by atoms with Crippen molar-refractivity contribution in [2.24, 2.45) is 7.05 Å². The lowest BCUT2D eigenvalue weighted by atomic mass is 10.2. The Morgan fingerprint density at radius 3 is 2.29 bits per heavy atom. The van der Waals surface area contributed by atoms with E-state index < -0.39 is 17.8 Å². The quantitative estimate of drug-likeness (QED) is 0.591. The summed E-state index contributed by atoms with van der Waals surface area (Å²) < 4.78 is 67.5. The first-order valence-corrected chi connectivity index (χ1v) is 7.38. The van der Waals surface area contributed by atoms with Crippen LogP contribution in [0.5, 0.6) is 0 Å². The van der Waals surface area contributed by atoms with E-state index in [2.05, 4.69) is 26.1 Å². The molecule has 0 aliphatic rings. The maximum Gasteiger partial charge on any atom is 0.459 e. The average molecular weight is 391 g/mol. The molecule has 0 saturated heterocycles. The average Bonchev–Trinajstić information content (AvgIpc) is 2.91. The van der Waals surface area contributed by atoms with E-state index in [0.717, 1.165) is 16.4 Å². The van der Waals surface area contributed by atoms with Crippen LogP contribution < -0.4 is 0 Å². The largest absolute Gasteiger partial charge is 0.459 e. The van der Waals surface area contributed by atoms with E-state index in [1.165, 1.54) is 30.4 Å². The Kier molecular flexibility index (Phi) is 4.08. The third-order valence-electron chi connectivity index (χ3n) is 2.60. The van der Waals surface area contributed by atoms with Gasteiger partial charge >= 0.3 is 12.1 Å². The molecule has 2 aromatic rings. The van der Waals surface area contributed by atoms with Gasteiger partial charge in [0.2, 0.25) is 0 Å². The highest BCUT2D eigenvalue weighted by Crippen LogP contribution is 2.47. The van der Waals surface area contributed by atoms with E-state index in [1.807, 2.05) is 0 Å². The van der Waals surface area contributed by atoms with Crippen molar-refractivity contribution in [1.29, 1.82) is 0 Å². The molecular weight excluding hydrogens is 383 g/mol. The van der Waals surface area contributed by atoms with Crippen LogP contribution in [0.15, 0.2) is 21.8 Å². The van der Waals surface area contributed by atoms with Crippen molar-refractivity contribution < 1.29 is 22.0 Å². The second-order valence-corrected chi connectivity index (χ2v) is 5.74. The number of halogens is 6. The van der Waals surface area contributed by atoms with Crippen LogP contribution in [0.25, 0.3) is 5.82 Å². The molecule has 0 spiro atoms. The van der Waals surface area contributed by atoms with Gasteiger partial charge in [-0.25, -0.2) is 9.36 Å². The molecule has 0 bridgehead atoms. The Labute approximate surface area is 128 Å². The van der Waals surface area contributed by atoms with Crippen LogP contribution in [0.1, 0.15) is 5.69 Å². The summed E-state index contributed by atoms with van der Waals surface area (Å²) in [5.74, 6) is -5.00. The van der Waals surface area contributed by atoms with Gasteiger partial charge in [0.15, 0.2) is 11.5 Å². The van der Waals surface area contributed by atoms with Gasteiger partial charge in [0.05, 0.1) is 15.6 Å². The maximum atomic E-state index is 13.6. The molecule has 0 N–H and O–H groups in total. The molecule has 4 nitrogen and oxygen atoms in total. The first-order chi connectivity index (χ1) is 9.59. The molecule has 0 saturated carbocycles. The van der Waals surface area contributed by atoms with Gasteiger partial charge < -0.3 is 0 Å². The molecule has 0 fully saturated rings. The first-order valence-electron chi connectivity index (χ1n) is 5.36. The number of aryl methyl sites for hydroxylation is 1. The molecule has 0 unspecified atom stereocenters. The van der Waals surface area contributed by atoms with Crippen molar-refractivity contribution in [3.63, 3.8) is 0 Å². The lowest BCUT2D eigenvalue weighted by molar-refractivity contribution is -0.292. The van der Waals surface area contributed by atoms with Crippen LogP contribution in [0, 0.1) is 0 Å². The predicted molar refractivity (Wildman–Crippen MR) is 69.8 cm³/mol. The molecule has 11 heteroatoms. The molecule has 116 valence electrons. The van der Waals surface area contributed by atoms with Crippen LogP contribution in [-0.4, -0.2) is 32.0 Å². The van der Waals surface area contributed by atoms with E-state index in [1.54, 1.807) is 0 Å². The van der Waals surface area contributed by atoms with E-state index in [0.29, 0.717) is 4.47 Å². The molecule has 0 aromatic carbocycles. The van der Waals surface area contributed by atoms with E-state index in [-0.39, 0.29) is 10.7 Å². The fraction of sp³-hybridized carbons (Fsp3) is 0.400. The zero-order chi connectivity index (χ0) is 16.0. The summed E-state index contributed by atoms with van der Waals surface area (Å²) in [5.41, 5.74) is -1.33. The van der Waals surface area contributed by atoms with Gasteiger partial charge in [-0.1, -0.05) is 0 Å². The van der Waals surface area contributed by atoms with Gasteiger partial charge in [0.1, 0.15) is 0 Å². The summed E-state index contributed by atoms with van der Waals surface area (Å²) in [6, 6.07) is 0. The lowest BCUT2D eigenvalue weighted by Gasteiger charge is -2.18. The monoisotopic (exact) mass is 390 g/mol. The van der Waals surface area contributed by atoms with Gasteiger partial charge in [0, 0.05) is 13.2 Å². The van der Waals surface area contributed by atoms with Crippen LogP contribution in [-0.2, 0) is 13.0 Å². The van der Waals surface area contributed by atoms with Crippen molar-refractivity contribution in [1.82, 2.24) is 19.6 Å². The Morgan fingerprint density at radius 1 is 1.24 bits per heavy atom. The summed E-state index contributed by atoms with van der Waals surface area (Å²) in [6.07, 6.45) is -1.49. The minimum absolute atomic E-state index is 0.0344. The SMILES string of the molecule is CSc1c(C(F)(F)C(F)(F)F)nn(C)c1-n1cc(Br)cn1. The first kappa shape index (κ1) is 16.3. The topological polar surface area (TPSA) is 35.6 Å². The Bertz CT molecular complexity index is 663. The van der Waals surface area contributed by atoms with Crippen molar-refractivity contribution in [2.45, 2.75) is 17.0 Å². The molecule has 2 rings (SSSR count). The van der Waals surface area contributed by atoms with Crippen molar-refractivity contribution in [2.75, 3.05) is 6.26 Å². The molecule has 21 heavy (non-hydrogen) atoms. The minimum atomic E-state index is -5.71. The predicted octanol–water partition coefficient (Wildman–Crippen LogP) is 3.74. The van der Waals surface area contributed by atoms with E-state index in [9.17, 15) is 22.0 Å². The molecule has 0 aliphatic carbocycles. The number of aromatic nitrogens is 4. The highest BCUT2D eigenvalue weighted by Gasteiger charge is 2.62. The summed E-state index contributed by atoms with van der Waals surface area (Å²) >= 11 is 3.88. The highest BCUT2D eigenvalue weighted by atomic mass is 79.9. The van der Waals surface area contributed by atoms with Crippen LogP contribution in [0.3, 0.4) is 0 Å². The number of hydrogen-bond acceptors (Lipinski definition) is 3. The second kappa shape index (κ2) is 5.27. The maximum absolute atomic E-state index is 13.6. The number of thioether (sulfide) groups is 1. The smallest absolute Gasteiger partial charge is 0.249 e. The van der Waals surface area contributed by atoms with Crippen LogP contribution in [0.2, 0.25) is 0 Å². The number of hydrogen-bond donors (Lipinski definition) is 0. The van der Waals surface area contributed by atoms with Crippen LogP contribution >= 0.6 is 27.7 Å². The molecule has 2 aromatic heterocycles. The highest BCUT2D eigenvalue weighted by molar-refractivity contribution is 9.10. The van der Waals surface area contributed by atoms with E-state index >= 15 is 0 Å². The fourth-order valence-corrected chi connectivity index (χ4v) is 2.75. The molecule has 0 radical (unpaired) electrons. The number of rotatable bonds is 3. The summed E-state index contributed by atoms with van der Waals surface area (Å²) in [5, 5.41) is 7.24. The zero-order valence-corrected chi connectivity index (χ0v) is 13.0. The number of nitrogens with zero attached hydrogens (tertiary/aromatic N) is 4. The second-order valence-electron chi connectivity index (χ2n) is 4.00. The normalized spacial score (nSPS) is 13.0. The van der Waals surface area contributed by atoms with Gasteiger partial charge in [-0.15, -0.1) is 11.8 Å². The standard InChI is InChI=1S/C10H8BrF5N4S/c1-19-8(20-4-5(11)3-17-20)6(21-2)7(18-19)9(12,13)10(14,15)16/h3-4H,1-2H3. The van der Waals surface area contributed by atoms with Gasteiger partial charge in [-0.05, 0) is 22.2 Å². The van der Waals surface area contributed by atoms with Crippen LogP contribution in [0.4, 0.5) is 22.0 Å². The molecule has 0 atom stereocenters. The van der Waals surface area contributed by atoms with E-state index in [4.69, 9.17) is 0 Å². The summed E-state index contributed by atoms with van der Waals surface area (Å²) in [7, 11) is 1.28. The lowest BCUT2D eigenvalue weighted by Crippen LogP contribution is -2.34. The fourth-order valence-electron chi connectivity index (χ4n) is 1.69.